The summed E-state index contributed by atoms with van der Waals surface area (Å²) < 4.78 is 112. The van der Waals surface area contributed by atoms with Crippen molar-refractivity contribution in [3.63, 3.8) is 0 Å². The Morgan fingerprint density at radius 2 is 1.55 bits per heavy atom. The molecule has 0 saturated carbocycles. The molecule has 4 nitrogen and oxygen atoms in total. The molecule has 2 aromatic carbocycles. The smallest absolute Gasteiger partial charge is 0.462 e. The molecule has 0 bridgehead atoms. The third kappa shape index (κ3) is 5.98. The van der Waals surface area contributed by atoms with E-state index in [1.807, 2.05) is 0 Å². The van der Waals surface area contributed by atoms with E-state index in [4.69, 9.17) is 9.47 Å². The maximum absolute atomic E-state index is 13.2. The SMILES string of the molecule is CCOc1cc(/C=N/NC(F)(F)C(F)(F)C(F)(F)F)ccc1OCc1ccc(F)cc1. The highest BCUT2D eigenvalue weighted by atomic mass is 19.4. The molecule has 31 heavy (non-hydrogen) atoms. The molecule has 1 N–H and O–H groups in total. The average Bonchev–Trinajstić information content (AvgIpc) is 2.68. The minimum atomic E-state index is -6.47. The summed E-state index contributed by atoms with van der Waals surface area (Å²) in [6, 6.07) is 3.72. The number of halogens is 8. The quantitative estimate of drug-likeness (QED) is 0.234. The fourth-order valence-electron chi connectivity index (χ4n) is 2.17. The topological polar surface area (TPSA) is 42.8 Å². The van der Waals surface area contributed by atoms with Crippen molar-refractivity contribution in [3.05, 3.63) is 59.4 Å². The van der Waals surface area contributed by atoms with Crippen LogP contribution in [0.4, 0.5) is 35.1 Å². The van der Waals surface area contributed by atoms with E-state index in [1.165, 1.54) is 42.5 Å². The predicted molar refractivity (Wildman–Crippen MR) is 95.0 cm³/mol. The Kier molecular flexibility index (Phi) is 7.34. The Morgan fingerprint density at radius 3 is 2.13 bits per heavy atom. The van der Waals surface area contributed by atoms with Crippen molar-refractivity contribution in [2.24, 2.45) is 5.10 Å². The van der Waals surface area contributed by atoms with E-state index in [0.29, 0.717) is 17.2 Å². The van der Waals surface area contributed by atoms with Crippen LogP contribution in [-0.2, 0) is 6.61 Å². The summed E-state index contributed by atoms with van der Waals surface area (Å²) in [5.74, 6) is -6.38. The first-order valence-corrected chi connectivity index (χ1v) is 8.64. The summed E-state index contributed by atoms with van der Waals surface area (Å²) in [4.78, 5) is 0. The molecule has 0 saturated heterocycles. The molecule has 0 radical (unpaired) electrons. The van der Waals surface area contributed by atoms with Crippen LogP contribution in [0, 0.1) is 5.82 Å². The van der Waals surface area contributed by atoms with Gasteiger partial charge in [-0.2, -0.15) is 35.8 Å². The zero-order valence-electron chi connectivity index (χ0n) is 15.8. The predicted octanol–water partition coefficient (Wildman–Crippen LogP) is 5.52. The first-order valence-electron chi connectivity index (χ1n) is 8.64. The normalized spacial score (nSPS) is 12.8. The number of hydrogen-bond acceptors (Lipinski definition) is 4. The second-order valence-electron chi connectivity index (χ2n) is 6.07. The summed E-state index contributed by atoms with van der Waals surface area (Å²) in [5, 5.41) is 2.79. The van der Waals surface area contributed by atoms with Gasteiger partial charge < -0.3 is 9.47 Å². The molecule has 0 aromatic heterocycles. The van der Waals surface area contributed by atoms with Gasteiger partial charge in [0.25, 0.3) is 0 Å². The highest BCUT2D eigenvalue weighted by molar-refractivity contribution is 5.80. The maximum Gasteiger partial charge on any atom is 0.462 e. The molecule has 2 aromatic rings. The van der Waals surface area contributed by atoms with Gasteiger partial charge in [0.2, 0.25) is 0 Å². The molecule has 0 amide bonds. The van der Waals surface area contributed by atoms with Crippen LogP contribution in [0.2, 0.25) is 0 Å². The van der Waals surface area contributed by atoms with Crippen molar-refractivity contribution in [2.45, 2.75) is 31.7 Å². The first-order chi connectivity index (χ1) is 14.4. The monoisotopic (exact) mass is 456 g/mol. The van der Waals surface area contributed by atoms with Gasteiger partial charge in [-0.15, -0.1) is 0 Å². The van der Waals surface area contributed by atoms with Gasteiger partial charge in [0.05, 0.1) is 12.8 Å². The number of alkyl halides is 7. The number of ether oxygens (including phenoxy) is 2. The lowest BCUT2D eigenvalue weighted by Crippen LogP contribution is -2.58. The van der Waals surface area contributed by atoms with Crippen LogP contribution in [0.3, 0.4) is 0 Å². The van der Waals surface area contributed by atoms with Crippen LogP contribution in [0.1, 0.15) is 18.1 Å². The van der Waals surface area contributed by atoms with Crippen LogP contribution in [0.5, 0.6) is 11.5 Å². The summed E-state index contributed by atoms with van der Waals surface area (Å²) in [6.07, 6.45) is -5.85. The molecule has 2 rings (SSSR count). The van der Waals surface area contributed by atoms with E-state index in [9.17, 15) is 35.1 Å². The molecular formula is C19H16F8N2O2. The molecule has 170 valence electrons. The van der Waals surface area contributed by atoms with Crippen LogP contribution in [0.25, 0.3) is 0 Å². The van der Waals surface area contributed by atoms with Crippen LogP contribution in [-0.4, -0.2) is 31.0 Å². The minimum absolute atomic E-state index is 0.0497. The lowest BCUT2D eigenvalue weighted by atomic mass is 10.2. The zero-order chi connectivity index (χ0) is 23.3. The van der Waals surface area contributed by atoms with Crippen molar-refractivity contribution in [3.8, 4) is 11.5 Å². The van der Waals surface area contributed by atoms with E-state index in [2.05, 4.69) is 5.10 Å². The Morgan fingerprint density at radius 1 is 0.903 bits per heavy atom. The Bertz CT molecular complexity index is 899. The Labute approximate surface area is 171 Å². The fourth-order valence-corrected chi connectivity index (χ4v) is 2.17. The van der Waals surface area contributed by atoms with E-state index in [-0.39, 0.29) is 30.3 Å². The second-order valence-corrected chi connectivity index (χ2v) is 6.07. The molecule has 0 atom stereocenters. The van der Waals surface area contributed by atoms with Gasteiger partial charge in [0, 0.05) is 0 Å². The molecule has 0 aliphatic rings. The number of hydrazone groups is 1. The molecule has 12 heteroatoms. The van der Waals surface area contributed by atoms with Crippen molar-refractivity contribution >= 4 is 6.21 Å². The van der Waals surface area contributed by atoms with Crippen molar-refractivity contribution in [1.82, 2.24) is 5.43 Å². The standard InChI is InChI=1S/C19H16F8N2O2/c1-2-30-16-9-13(10-28-29-19(26,27)17(21,22)18(23,24)25)5-8-15(16)31-11-12-3-6-14(20)7-4-12/h3-10,29H,2,11H2,1H3/b28-10+. The van der Waals surface area contributed by atoms with Gasteiger partial charge in [-0.25, -0.2) is 9.82 Å². The van der Waals surface area contributed by atoms with E-state index < -0.39 is 24.0 Å². The van der Waals surface area contributed by atoms with Crippen LogP contribution < -0.4 is 14.9 Å². The lowest BCUT2D eigenvalue weighted by Gasteiger charge is -2.27. The average molecular weight is 456 g/mol. The number of hydrogen-bond donors (Lipinski definition) is 1. The van der Waals surface area contributed by atoms with Crippen molar-refractivity contribution in [2.75, 3.05) is 6.61 Å². The Balaban J connectivity index is 2.11. The minimum Gasteiger partial charge on any atom is -0.490 e. The first kappa shape index (κ1) is 24.2. The fraction of sp³-hybridized carbons (Fsp3) is 0.316. The lowest BCUT2D eigenvalue weighted by molar-refractivity contribution is -0.361. The molecule has 0 unspecified atom stereocenters. The molecule has 0 heterocycles. The second kappa shape index (κ2) is 9.40. The number of nitrogens with zero attached hydrogens (tertiary/aromatic N) is 1. The van der Waals surface area contributed by atoms with Crippen LogP contribution >= 0.6 is 0 Å². The number of benzene rings is 2. The van der Waals surface area contributed by atoms with Gasteiger partial charge in [-0.1, -0.05) is 12.1 Å². The largest absolute Gasteiger partial charge is 0.490 e. The number of rotatable bonds is 9. The summed E-state index contributed by atoms with van der Waals surface area (Å²) in [7, 11) is 0. The number of nitrogens with one attached hydrogen (secondary N) is 1. The van der Waals surface area contributed by atoms with Gasteiger partial charge in [0.15, 0.2) is 11.5 Å². The highest BCUT2D eigenvalue weighted by Gasteiger charge is 2.73. The molecule has 0 spiro atoms. The van der Waals surface area contributed by atoms with Gasteiger partial charge in [-0.05, 0) is 48.4 Å². The van der Waals surface area contributed by atoms with Crippen molar-refractivity contribution < 1.29 is 44.6 Å². The molecule has 0 aliphatic carbocycles. The van der Waals surface area contributed by atoms with E-state index >= 15 is 0 Å². The summed E-state index contributed by atoms with van der Waals surface area (Å²) in [6.45, 7) is 1.88. The van der Waals surface area contributed by atoms with Gasteiger partial charge >= 0.3 is 18.1 Å². The maximum atomic E-state index is 13.2. The zero-order valence-corrected chi connectivity index (χ0v) is 15.8. The molecule has 0 fully saturated rings. The summed E-state index contributed by atoms with van der Waals surface area (Å²) >= 11 is 0. The van der Waals surface area contributed by atoms with Gasteiger partial charge in [0.1, 0.15) is 12.4 Å². The Hall–Kier alpha value is -3.05. The van der Waals surface area contributed by atoms with E-state index in [0.717, 1.165) is 0 Å². The third-order valence-electron chi connectivity index (χ3n) is 3.74. The molecule has 0 aliphatic heterocycles. The summed E-state index contributed by atoms with van der Waals surface area (Å²) in [5.41, 5.74) is 1.23. The van der Waals surface area contributed by atoms with E-state index in [1.54, 1.807) is 6.92 Å². The van der Waals surface area contributed by atoms with Gasteiger partial charge in [-0.3, -0.25) is 0 Å². The van der Waals surface area contributed by atoms with Crippen molar-refractivity contribution in [1.29, 1.82) is 0 Å². The molecular weight excluding hydrogens is 440 g/mol. The van der Waals surface area contributed by atoms with Crippen LogP contribution in [0.15, 0.2) is 47.6 Å². The highest BCUT2D eigenvalue weighted by Crippen LogP contribution is 2.45. The third-order valence-corrected chi connectivity index (χ3v) is 3.74.